The third-order valence-corrected chi connectivity index (χ3v) is 1.71. The Morgan fingerprint density at radius 1 is 1.82 bits per heavy atom. The molecule has 0 atom stereocenters. The zero-order valence-electron chi connectivity index (χ0n) is 6.46. The fraction of sp³-hybridized carbons (Fsp3) is 0.429. The molecule has 11 heavy (non-hydrogen) atoms. The molecule has 0 amide bonds. The monoisotopic (exact) mass is 171 g/mol. The molecule has 0 N–H and O–H groups in total. The Bertz CT molecular complexity index is 257. The van der Waals surface area contributed by atoms with Crippen LogP contribution in [0.1, 0.15) is 23.4 Å². The Labute approximate surface area is 69.2 Å². The third kappa shape index (κ3) is 2.08. The molecule has 0 aliphatic carbocycles. The fourth-order valence-corrected chi connectivity index (χ4v) is 1.10. The van der Waals surface area contributed by atoms with Crippen LogP contribution in [0.25, 0.3) is 0 Å². The van der Waals surface area contributed by atoms with E-state index in [0.29, 0.717) is 0 Å². The highest BCUT2D eigenvalue weighted by atomic mass is 32.2. The van der Waals surface area contributed by atoms with Gasteiger partial charge in [-0.25, -0.2) is 4.98 Å². The van der Waals surface area contributed by atoms with Crippen LogP contribution >= 0.6 is 11.8 Å². The maximum absolute atomic E-state index is 10.7. The van der Waals surface area contributed by atoms with Crippen molar-refractivity contribution in [3.8, 4) is 0 Å². The molecule has 4 heteroatoms. The largest absolute Gasteiger partial charge is 0.438 e. The normalized spacial score (nSPS) is 10.0. The predicted molar refractivity (Wildman–Crippen MR) is 43.7 cm³/mol. The molecule has 1 aromatic rings. The molecule has 0 saturated heterocycles. The molecule has 0 saturated carbocycles. The molecule has 0 aromatic carbocycles. The Morgan fingerprint density at radius 3 is 3.00 bits per heavy atom. The first kappa shape index (κ1) is 8.33. The van der Waals surface area contributed by atoms with Gasteiger partial charge in [-0.1, -0.05) is 0 Å². The fourth-order valence-electron chi connectivity index (χ4n) is 0.679. The van der Waals surface area contributed by atoms with Gasteiger partial charge in [0.2, 0.25) is 5.78 Å². The van der Waals surface area contributed by atoms with Gasteiger partial charge in [-0.2, -0.15) is 11.8 Å². The topological polar surface area (TPSA) is 43.1 Å². The molecular formula is C7H9NO2S. The van der Waals surface area contributed by atoms with Crippen molar-refractivity contribution in [3.63, 3.8) is 0 Å². The van der Waals surface area contributed by atoms with Crippen molar-refractivity contribution in [1.29, 1.82) is 0 Å². The van der Waals surface area contributed by atoms with Crippen LogP contribution in [0.5, 0.6) is 0 Å². The van der Waals surface area contributed by atoms with Gasteiger partial charge in [0.1, 0.15) is 5.76 Å². The molecule has 0 bridgehead atoms. The van der Waals surface area contributed by atoms with E-state index in [9.17, 15) is 4.79 Å². The van der Waals surface area contributed by atoms with Crippen molar-refractivity contribution in [1.82, 2.24) is 4.98 Å². The number of hydrogen-bond donors (Lipinski definition) is 0. The number of Topliss-reactive ketones (excluding diaryl/α,β-unsaturated/α-hetero) is 1. The van der Waals surface area contributed by atoms with Crippen molar-refractivity contribution in [2.45, 2.75) is 12.7 Å². The standard InChI is InChI=1S/C7H9NO2S/c1-5(9)7-8-3-6(10-7)4-11-2/h3H,4H2,1-2H3. The van der Waals surface area contributed by atoms with E-state index in [-0.39, 0.29) is 11.7 Å². The lowest BCUT2D eigenvalue weighted by atomic mass is 10.5. The number of oxazole rings is 1. The second-order valence-electron chi connectivity index (χ2n) is 2.12. The van der Waals surface area contributed by atoms with Gasteiger partial charge in [0, 0.05) is 6.92 Å². The molecule has 0 aliphatic heterocycles. The van der Waals surface area contributed by atoms with Crippen molar-refractivity contribution in [2.24, 2.45) is 0 Å². The first-order valence-electron chi connectivity index (χ1n) is 3.18. The van der Waals surface area contributed by atoms with Crippen molar-refractivity contribution >= 4 is 17.5 Å². The third-order valence-electron chi connectivity index (χ3n) is 1.14. The Kier molecular flexibility index (Phi) is 2.70. The van der Waals surface area contributed by atoms with E-state index in [2.05, 4.69) is 4.98 Å². The average molecular weight is 171 g/mol. The number of carbonyl (C=O) groups excluding carboxylic acids is 1. The molecule has 0 fully saturated rings. The molecule has 0 aliphatic rings. The van der Waals surface area contributed by atoms with Gasteiger partial charge >= 0.3 is 0 Å². The zero-order valence-corrected chi connectivity index (χ0v) is 7.27. The quantitative estimate of drug-likeness (QED) is 0.650. The van der Waals surface area contributed by atoms with E-state index in [1.165, 1.54) is 6.92 Å². The Morgan fingerprint density at radius 2 is 2.55 bits per heavy atom. The van der Waals surface area contributed by atoms with Gasteiger partial charge < -0.3 is 4.42 Å². The number of thioether (sulfide) groups is 1. The van der Waals surface area contributed by atoms with Gasteiger partial charge in [-0.05, 0) is 6.26 Å². The van der Waals surface area contributed by atoms with E-state index < -0.39 is 0 Å². The van der Waals surface area contributed by atoms with Crippen LogP contribution in [0.4, 0.5) is 0 Å². The van der Waals surface area contributed by atoms with E-state index in [0.717, 1.165) is 11.5 Å². The summed E-state index contributed by atoms with van der Waals surface area (Å²) in [5.74, 6) is 1.59. The van der Waals surface area contributed by atoms with Gasteiger partial charge in [-0.3, -0.25) is 4.79 Å². The molecule has 3 nitrogen and oxygen atoms in total. The van der Waals surface area contributed by atoms with Crippen molar-refractivity contribution < 1.29 is 9.21 Å². The van der Waals surface area contributed by atoms with Crippen LogP contribution in [0.15, 0.2) is 10.6 Å². The maximum Gasteiger partial charge on any atom is 0.263 e. The first-order chi connectivity index (χ1) is 5.24. The summed E-state index contributed by atoms with van der Waals surface area (Å²) in [4.78, 5) is 14.5. The lowest BCUT2D eigenvalue weighted by Gasteiger charge is -1.87. The smallest absolute Gasteiger partial charge is 0.263 e. The summed E-state index contributed by atoms with van der Waals surface area (Å²) in [5.41, 5.74) is 0. The lowest BCUT2D eigenvalue weighted by Crippen LogP contribution is -1.89. The van der Waals surface area contributed by atoms with Gasteiger partial charge in [-0.15, -0.1) is 0 Å². The minimum Gasteiger partial charge on any atom is -0.438 e. The highest BCUT2D eigenvalue weighted by Crippen LogP contribution is 2.10. The summed E-state index contributed by atoms with van der Waals surface area (Å²) < 4.78 is 5.10. The van der Waals surface area contributed by atoms with Crippen LogP contribution in [0.3, 0.4) is 0 Å². The lowest BCUT2D eigenvalue weighted by molar-refractivity contribution is 0.0979. The van der Waals surface area contributed by atoms with E-state index in [1.807, 2.05) is 6.26 Å². The summed E-state index contributed by atoms with van der Waals surface area (Å²) in [7, 11) is 0. The second-order valence-corrected chi connectivity index (χ2v) is 2.99. The van der Waals surface area contributed by atoms with Crippen molar-refractivity contribution in [3.05, 3.63) is 17.8 Å². The molecule has 60 valence electrons. The van der Waals surface area contributed by atoms with Crippen LogP contribution in [0.2, 0.25) is 0 Å². The van der Waals surface area contributed by atoms with Crippen molar-refractivity contribution in [2.75, 3.05) is 6.26 Å². The van der Waals surface area contributed by atoms with Crippen LogP contribution in [0, 0.1) is 0 Å². The second kappa shape index (κ2) is 3.57. The highest BCUT2D eigenvalue weighted by Gasteiger charge is 2.06. The minimum atomic E-state index is -0.127. The zero-order chi connectivity index (χ0) is 8.27. The highest BCUT2D eigenvalue weighted by molar-refractivity contribution is 7.97. The number of hydrogen-bond acceptors (Lipinski definition) is 4. The summed E-state index contributed by atoms with van der Waals surface area (Å²) in [6.45, 7) is 1.44. The Hall–Kier alpha value is -0.770. The van der Waals surface area contributed by atoms with Gasteiger partial charge in [0.25, 0.3) is 5.89 Å². The van der Waals surface area contributed by atoms with Crippen LogP contribution in [-0.2, 0) is 5.75 Å². The summed E-state index contributed by atoms with van der Waals surface area (Å²) >= 11 is 1.63. The van der Waals surface area contributed by atoms with E-state index >= 15 is 0 Å². The summed E-state index contributed by atoms with van der Waals surface area (Å²) in [6, 6.07) is 0. The molecule has 1 heterocycles. The maximum atomic E-state index is 10.7. The molecular weight excluding hydrogens is 162 g/mol. The van der Waals surface area contributed by atoms with Crippen LogP contribution < -0.4 is 0 Å². The molecule has 0 spiro atoms. The first-order valence-corrected chi connectivity index (χ1v) is 4.58. The molecule has 0 unspecified atom stereocenters. The SMILES string of the molecule is CSCc1cnc(C(C)=O)o1. The molecule has 1 aromatic heterocycles. The van der Waals surface area contributed by atoms with Gasteiger partial charge in [0.15, 0.2) is 0 Å². The average Bonchev–Trinajstić information content (AvgIpc) is 2.37. The van der Waals surface area contributed by atoms with Gasteiger partial charge in [0.05, 0.1) is 11.9 Å². The number of nitrogens with zero attached hydrogens (tertiary/aromatic N) is 1. The van der Waals surface area contributed by atoms with Crippen LogP contribution in [-0.4, -0.2) is 17.0 Å². The number of aromatic nitrogens is 1. The Balaban J connectivity index is 2.73. The number of carbonyl (C=O) groups is 1. The number of rotatable bonds is 3. The molecule has 0 radical (unpaired) electrons. The van der Waals surface area contributed by atoms with E-state index in [1.54, 1.807) is 18.0 Å². The summed E-state index contributed by atoms with van der Waals surface area (Å²) in [5, 5.41) is 0. The summed E-state index contributed by atoms with van der Waals surface area (Å²) in [6.07, 6.45) is 3.56. The van der Waals surface area contributed by atoms with E-state index in [4.69, 9.17) is 4.42 Å². The minimum absolute atomic E-state index is 0.127. The molecule has 1 rings (SSSR count). The number of ketones is 1. The predicted octanol–water partition coefficient (Wildman–Crippen LogP) is 1.74.